The summed E-state index contributed by atoms with van der Waals surface area (Å²) in [5, 5.41) is 0. The fraction of sp³-hybridized carbons (Fsp3) is 0.154. The third-order valence-electron chi connectivity index (χ3n) is 2.41. The predicted octanol–water partition coefficient (Wildman–Crippen LogP) is 3.82. The molecule has 0 spiro atoms. The molecule has 1 aromatic heterocycles. The summed E-state index contributed by atoms with van der Waals surface area (Å²) >= 11 is 1.94. The topological polar surface area (TPSA) is 30.2 Å². The highest BCUT2D eigenvalue weighted by molar-refractivity contribution is 14.1. The summed E-state index contributed by atoms with van der Waals surface area (Å²) in [7, 11) is 0. The zero-order valence-electron chi connectivity index (χ0n) is 9.17. The molecule has 0 aliphatic rings. The van der Waals surface area contributed by atoms with Crippen LogP contribution in [0.5, 0.6) is 0 Å². The van der Waals surface area contributed by atoms with E-state index < -0.39 is 0 Å². The van der Waals surface area contributed by atoms with Crippen molar-refractivity contribution in [1.82, 2.24) is 0 Å². The molecule has 0 saturated heterocycles. The minimum atomic E-state index is -0.348. The SMILES string of the molecule is CCc1ccc(C(=O)c2ccc(F)cc2I)o1. The van der Waals surface area contributed by atoms with Gasteiger partial charge in [0.05, 0.1) is 0 Å². The average Bonchev–Trinajstić information content (AvgIpc) is 2.76. The first-order chi connectivity index (χ1) is 8.11. The van der Waals surface area contributed by atoms with Crippen LogP contribution in [0.2, 0.25) is 0 Å². The van der Waals surface area contributed by atoms with E-state index in [0.717, 1.165) is 12.2 Å². The molecule has 0 N–H and O–H groups in total. The van der Waals surface area contributed by atoms with Gasteiger partial charge in [-0.2, -0.15) is 0 Å². The highest BCUT2D eigenvalue weighted by Gasteiger charge is 2.16. The van der Waals surface area contributed by atoms with Gasteiger partial charge in [0.1, 0.15) is 11.6 Å². The molecule has 0 bridgehead atoms. The van der Waals surface area contributed by atoms with Gasteiger partial charge in [0.15, 0.2) is 5.76 Å². The molecule has 0 fully saturated rings. The van der Waals surface area contributed by atoms with Crippen LogP contribution in [0.4, 0.5) is 4.39 Å². The van der Waals surface area contributed by atoms with Crippen molar-refractivity contribution in [3.05, 3.63) is 56.8 Å². The van der Waals surface area contributed by atoms with E-state index in [4.69, 9.17) is 4.42 Å². The first-order valence-electron chi connectivity index (χ1n) is 5.20. The highest BCUT2D eigenvalue weighted by atomic mass is 127. The third kappa shape index (κ3) is 2.57. The van der Waals surface area contributed by atoms with E-state index in [1.807, 2.05) is 29.5 Å². The third-order valence-corrected chi connectivity index (χ3v) is 3.30. The van der Waals surface area contributed by atoms with Crippen LogP contribution < -0.4 is 0 Å². The van der Waals surface area contributed by atoms with Gasteiger partial charge in [-0.05, 0) is 52.9 Å². The number of rotatable bonds is 3. The second-order valence-electron chi connectivity index (χ2n) is 3.57. The molecule has 2 rings (SSSR count). The van der Waals surface area contributed by atoms with Crippen LogP contribution in [0.1, 0.15) is 28.8 Å². The van der Waals surface area contributed by atoms with E-state index >= 15 is 0 Å². The largest absolute Gasteiger partial charge is 0.458 e. The van der Waals surface area contributed by atoms with Gasteiger partial charge in [-0.15, -0.1) is 0 Å². The lowest BCUT2D eigenvalue weighted by Crippen LogP contribution is -2.02. The lowest BCUT2D eigenvalue weighted by atomic mass is 10.1. The second kappa shape index (κ2) is 5.00. The number of hydrogen-bond acceptors (Lipinski definition) is 2. The maximum absolute atomic E-state index is 12.9. The molecule has 0 radical (unpaired) electrons. The van der Waals surface area contributed by atoms with Gasteiger partial charge in [0.2, 0.25) is 5.78 Å². The smallest absolute Gasteiger partial charge is 0.229 e. The van der Waals surface area contributed by atoms with Crippen LogP contribution in [-0.2, 0) is 6.42 Å². The van der Waals surface area contributed by atoms with Crippen molar-refractivity contribution in [2.45, 2.75) is 13.3 Å². The van der Waals surface area contributed by atoms with Crippen molar-refractivity contribution >= 4 is 28.4 Å². The number of carbonyl (C=O) groups excluding carboxylic acids is 1. The van der Waals surface area contributed by atoms with Crippen LogP contribution in [0.15, 0.2) is 34.7 Å². The molecule has 0 amide bonds. The van der Waals surface area contributed by atoms with Gasteiger partial charge < -0.3 is 4.42 Å². The van der Waals surface area contributed by atoms with E-state index in [9.17, 15) is 9.18 Å². The molecule has 0 unspecified atom stereocenters. The molecule has 4 heteroatoms. The standard InChI is InChI=1S/C13H10FIO2/c1-2-9-4-6-12(17-9)13(16)10-5-3-8(14)7-11(10)15/h3-7H,2H2,1H3. The zero-order chi connectivity index (χ0) is 12.4. The quantitative estimate of drug-likeness (QED) is 0.626. The van der Waals surface area contributed by atoms with Gasteiger partial charge in [0.25, 0.3) is 0 Å². The van der Waals surface area contributed by atoms with E-state index in [1.54, 1.807) is 12.1 Å². The van der Waals surface area contributed by atoms with Crippen molar-refractivity contribution in [1.29, 1.82) is 0 Å². The molecule has 0 aliphatic heterocycles. The fourth-order valence-corrected chi connectivity index (χ4v) is 2.22. The van der Waals surface area contributed by atoms with E-state index in [0.29, 0.717) is 14.9 Å². The number of furan rings is 1. The Bertz CT molecular complexity index is 560. The molecular formula is C13H10FIO2. The Kier molecular flexibility index (Phi) is 3.61. The Balaban J connectivity index is 2.36. The first kappa shape index (κ1) is 12.3. The van der Waals surface area contributed by atoms with Crippen molar-refractivity contribution in [2.75, 3.05) is 0 Å². The fourth-order valence-electron chi connectivity index (χ4n) is 1.50. The predicted molar refractivity (Wildman–Crippen MR) is 70.6 cm³/mol. The number of hydrogen-bond donors (Lipinski definition) is 0. The number of ketones is 1. The summed E-state index contributed by atoms with van der Waals surface area (Å²) in [5.74, 6) is 0.505. The van der Waals surface area contributed by atoms with Crippen LogP contribution >= 0.6 is 22.6 Å². The number of carbonyl (C=O) groups is 1. The van der Waals surface area contributed by atoms with Gasteiger partial charge in [-0.3, -0.25) is 4.79 Å². The monoisotopic (exact) mass is 344 g/mol. The van der Waals surface area contributed by atoms with Gasteiger partial charge >= 0.3 is 0 Å². The highest BCUT2D eigenvalue weighted by Crippen LogP contribution is 2.19. The summed E-state index contributed by atoms with van der Waals surface area (Å²) in [6.07, 6.45) is 0.744. The Morgan fingerprint density at radius 1 is 1.35 bits per heavy atom. The molecule has 0 atom stereocenters. The van der Waals surface area contributed by atoms with Crippen LogP contribution in [0.3, 0.4) is 0 Å². The lowest BCUT2D eigenvalue weighted by Gasteiger charge is -2.01. The summed E-state index contributed by atoms with van der Waals surface area (Å²) < 4.78 is 18.9. The van der Waals surface area contributed by atoms with E-state index in [-0.39, 0.29) is 11.6 Å². The number of aryl methyl sites for hydroxylation is 1. The Morgan fingerprint density at radius 2 is 2.12 bits per heavy atom. The number of benzene rings is 1. The van der Waals surface area contributed by atoms with E-state index in [1.165, 1.54) is 18.2 Å². The first-order valence-corrected chi connectivity index (χ1v) is 6.28. The Morgan fingerprint density at radius 3 is 2.71 bits per heavy atom. The summed E-state index contributed by atoms with van der Waals surface area (Å²) in [4.78, 5) is 12.1. The molecule has 1 heterocycles. The average molecular weight is 344 g/mol. The molecule has 1 aromatic carbocycles. The van der Waals surface area contributed by atoms with Gasteiger partial charge in [0, 0.05) is 15.6 Å². The molecule has 2 aromatic rings. The Labute approximate surface area is 112 Å². The number of halogens is 2. The molecule has 0 aliphatic carbocycles. The van der Waals surface area contributed by atoms with E-state index in [2.05, 4.69) is 0 Å². The summed E-state index contributed by atoms with van der Waals surface area (Å²) in [5.41, 5.74) is 0.462. The van der Waals surface area contributed by atoms with Gasteiger partial charge in [-0.1, -0.05) is 6.92 Å². The van der Waals surface area contributed by atoms with Crippen molar-refractivity contribution < 1.29 is 13.6 Å². The van der Waals surface area contributed by atoms with Crippen molar-refractivity contribution in [2.24, 2.45) is 0 Å². The molecular weight excluding hydrogens is 334 g/mol. The zero-order valence-corrected chi connectivity index (χ0v) is 11.3. The molecule has 17 heavy (non-hydrogen) atoms. The van der Waals surface area contributed by atoms with Crippen LogP contribution in [0, 0.1) is 9.39 Å². The second-order valence-corrected chi connectivity index (χ2v) is 4.73. The maximum Gasteiger partial charge on any atom is 0.229 e. The van der Waals surface area contributed by atoms with Crippen molar-refractivity contribution in [3.63, 3.8) is 0 Å². The van der Waals surface area contributed by atoms with Gasteiger partial charge in [-0.25, -0.2) is 4.39 Å². The molecule has 2 nitrogen and oxygen atoms in total. The van der Waals surface area contributed by atoms with Crippen molar-refractivity contribution in [3.8, 4) is 0 Å². The lowest BCUT2D eigenvalue weighted by molar-refractivity contribution is 0.101. The molecule has 0 saturated carbocycles. The summed E-state index contributed by atoms with van der Waals surface area (Å²) in [6, 6.07) is 7.52. The minimum absolute atomic E-state index is 0.214. The summed E-state index contributed by atoms with van der Waals surface area (Å²) in [6.45, 7) is 1.95. The minimum Gasteiger partial charge on any atom is -0.458 e. The van der Waals surface area contributed by atoms with Crippen LogP contribution in [-0.4, -0.2) is 5.78 Å². The Hall–Kier alpha value is -1.17. The maximum atomic E-state index is 12.9. The normalized spacial score (nSPS) is 10.5. The van der Waals surface area contributed by atoms with Crippen LogP contribution in [0.25, 0.3) is 0 Å². The molecule has 88 valence electrons.